The van der Waals surface area contributed by atoms with Crippen molar-refractivity contribution in [2.75, 3.05) is 6.61 Å². The Morgan fingerprint density at radius 1 is 1.53 bits per heavy atom. The van der Waals surface area contributed by atoms with Crippen LogP contribution in [0.3, 0.4) is 0 Å². The van der Waals surface area contributed by atoms with Gasteiger partial charge in [0.1, 0.15) is 6.61 Å². The lowest BCUT2D eigenvalue weighted by Gasteiger charge is -2.05. The molecule has 1 rings (SSSR count). The van der Waals surface area contributed by atoms with E-state index in [1.807, 2.05) is 0 Å². The number of nitrogens with zero attached hydrogens (tertiary/aromatic N) is 1. The molecular weight excluding hydrogens is 276 g/mol. The topological polar surface area (TPSA) is 52.4 Å². The third kappa shape index (κ3) is 3.43. The molecule has 0 N–H and O–H groups in total. The van der Waals surface area contributed by atoms with Crippen LogP contribution in [0.25, 0.3) is 0 Å². The van der Waals surface area contributed by atoms with Crippen molar-refractivity contribution in [2.24, 2.45) is 0 Å². The maximum atomic E-state index is 11.8. The lowest BCUT2D eigenvalue weighted by molar-refractivity contribution is -0.386. The van der Waals surface area contributed by atoms with Crippen molar-refractivity contribution in [3.63, 3.8) is 0 Å². The summed E-state index contributed by atoms with van der Waals surface area (Å²) < 4.78 is 28.8. The third-order valence-electron chi connectivity index (χ3n) is 1.48. The van der Waals surface area contributed by atoms with Crippen molar-refractivity contribution >= 4 is 21.6 Å². The first-order chi connectivity index (χ1) is 7.00. The van der Waals surface area contributed by atoms with Crippen LogP contribution < -0.4 is 4.74 Å². The molecule has 0 bridgehead atoms. The normalized spacial score (nSPS) is 10.4. The molecule has 0 heterocycles. The summed E-state index contributed by atoms with van der Waals surface area (Å²) in [5.41, 5.74) is -0.334. The van der Waals surface area contributed by atoms with E-state index in [1.54, 1.807) is 0 Å². The number of halogens is 3. The van der Waals surface area contributed by atoms with E-state index >= 15 is 0 Å². The van der Waals surface area contributed by atoms with Crippen molar-refractivity contribution in [2.45, 2.75) is 6.43 Å². The molecule has 0 radical (unpaired) electrons. The zero-order valence-corrected chi connectivity index (χ0v) is 8.91. The van der Waals surface area contributed by atoms with E-state index in [2.05, 4.69) is 20.7 Å². The standard InChI is InChI=1S/C8H6BrF2NO3/c9-5-1-2-6(12(13)14)7(3-5)15-4-8(10)11/h1-3,8H,4H2. The summed E-state index contributed by atoms with van der Waals surface area (Å²) in [4.78, 5) is 9.81. The highest BCUT2D eigenvalue weighted by Crippen LogP contribution is 2.30. The van der Waals surface area contributed by atoms with Crippen LogP contribution >= 0.6 is 15.9 Å². The number of rotatable bonds is 4. The van der Waals surface area contributed by atoms with E-state index < -0.39 is 18.0 Å². The molecule has 0 aliphatic heterocycles. The molecule has 15 heavy (non-hydrogen) atoms. The fourth-order valence-electron chi connectivity index (χ4n) is 0.907. The Hall–Kier alpha value is -1.24. The highest BCUT2D eigenvalue weighted by Gasteiger charge is 2.16. The summed E-state index contributed by atoms with van der Waals surface area (Å²) in [5, 5.41) is 10.5. The van der Waals surface area contributed by atoms with Gasteiger partial charge in [-0.05, 0) is 6.07 Å². The quantitative estimate of drug-likeness (QED) is 0.630. The molecule has 1 aromatic rings. The lowest BCUT2D eigenvalue weighted by Crippen LogP contribution is -2.08. The molecule has 0 aliphatic carbocycles. The molecular formula is C8H6BrF2NO3. The minimum atomic E-state index is -2.66. The summed E-state index contributed by atoms with van der Waals surface area (Å²) >= 11 is 3.06. The van der Waals surface area contributed by atoms with Gasteiger partial charge >= 0.3 is 5.69 Å². The number of hydrogen-bond acceptors (Lipinski definition) is 3. The second-order valence-electron chi connectivity index (χ2n) is 2.57. The van der Waals surface area contributed by atoms with Gasteiger partial charge in [-0.15, -0.1) is 0 Å². The van der Waals surface area contributed by atoms with E-state index in [4.69, 9.17) is 0 Å². The monoisotopic (exact) mass is 281 g/mol. The van der Waals surface area contributed by atoms with E-state index in [0.29, 0.717) is 4.47 Å². The summed E-state index contributed by atoms with van der Waals surface area (Å²) in [6.45, 7) is -0.864. The third-order valence-corrected chi connectivity index (χ3v) is 1.98. The Balaban J connectivity index is 2.92. The molecule has 0 spiro atoms. The summed E-state index contributed by atoms with van der Waals surface area (Å²) in [6, 6.07) is 3.90. The fourth-order valence-corrected chi connectivity index (χ4v) is 1.25. The number of hydrogen-bond donors (Lipinski definition) is 0. The number of alkyl halides is 2. The van der Waals surface area contributed by atoms with E-state index in [-0.39, 0.29) is 11.4 Å². The summed E-state index contributed by atoms with van der Waals surface area (Å²) in [5.74, 6) is -0.172. The van der Waals surface area contributed by atoms with Gasteiger partial charge in [-0.25, -0.2) is 8.78 Å². The molecule has 82 valence electrons. The predicted molar refractivity (Wildman–Crippen MR) is 52.3 cm³/mol. The zero-order chi connectivity index (χ0) is 11.4. The predicted octanol–water partition coefficient (Wildman–Crippen LogP) is 3.00. The summed E-state index contributed by atoms with van der Waals surface area (Å²) in [6.07, 6.45) is -2.66. The van der Waals surface area contributed by atoms with Crippen LogP contribution in [0, 0.1) is 10.1 Å². The fraction of sp³-hybridized carbons (Fsp3) is 0.250. The molecule has 0 unspecified atom stereocenters. The highest BCUT2D eigenvalue weighted by molar-refractivity contribution is 9.10. The molecule has 0 atom stereocenters. The molecule has 0 saturated carbocycles. The van der Waals surface area contributed by atoms with Crippen molar-refractivity contribution in [1.82, 2.24) is 0 Å². The van der Waals surface area contributed by atoms with E-state index in [9.17, 15) is 18.9 Å². The molecule has 0 saturated heterocycles. The Morgan fingerprint density at radius 3 is 2.73 bits per heavy atom. The van der Waals surface area contributed by atoms with Gasteiger partial charge in [0.15, 0.2) is 5.75 Å². The molecule has 0 aromatic heterocycles. The highest BCUT2D eigenvalue weighted by atomic mass is 79.9. The van der Waals surface area contributed by atoms with Gasteiger partial charge in [-0.2, -0.15) is 0 Å². The van der Waals surface area contributed by atoms with Crippen LogP contribution in [0.1, 0.15) is 0 Å². The van der Waals surface area contributed by atoms with E-state index in [0.717, 1.165) is 0 Å². The number of benzene rings is 1. The van der Waals surface area contributed by atoms with Gasteiger partial charge in [0.25, 0.3) is 6.43 Å². The summed E-state index contributed by atoms with van der Waals surface area (Å²) in [7, 11) is 0. The number of ether oxygens (including phenoxy) is 1. The maximum absolute atomic E-state index is 11.8. The SMILES string of the molecule is O=[N+]([O-])c1ccc(Br)cc1OCC(F)F. The lowest BCUT2D eigenvalue weighted by atomic mass is 10.3. The van der Waals surface area contributed by atoms with Gasteiger partial charge < -0.3 is 4.74 Å². The maximum Gasteiger partial charge on any atom is 0.310 e. The van der Waals surface area contributed by atoms with Gasteiger partial charge in [0, 0.05) is 16.6 Å². The molecule has 7 heteroatoms. The molecule has 1 aromatic carbocycles. The first-order valence-corrected chi connectivity index (χ1v) is 4.65. The minimum absolute atomic E-state index is 0.172. The van der Waals surface area contributed by atoms with Crippen LogP contribution in [0.2, 0.25) is 0 Å². The zero-order valence-electron chi connectivity index (χ0n) is 7.32. The van der Waals surface area contributed by atoms with Gasteiger partial charge in [-0.1, -0.05) is 15.9 Å². The van der Waals surface area contributed by atoms with Gasteiger partial charge in [-0.3, -0.25) is 10.1 Å². The van der Waals surface area contributed by atoms with Crippen LogP contribution in [0.15, 0.2) is 22.7 Å². The minimum Gasteiger partial charge on any atom is -0.481 e. The van der Waals surface area contributed by atoms with Gasteiger partial charge in [0.2, 0.25) is 0 Å². The Labute approximate surface area is 92.1 Å². The second kappa shape index (κ2) is 5.01. The first kappa shape index (κ1) is 11.8. The number of nitro groups is 1. The van der Waals surface area contributed by atoms with Crippen LogP contribution in [0.5, 0.6) is 5.75 Å². The number of nitro benzene ring substituents is 1. The largest absolute Gasteiger partial charge is 0.481 e. The second-order valence-corrected chi connectivity index (χ2v) is 3.49. The van der Waals surface area contributed by atoms with Crippen LogP contribution in [-0.4, -0.2) is 18.0 Å². The molecule has 0 fully saturated rings. The average Bonchev–Trinajstić information content (AvgIpc) is 2.14. The Morgan fingerprint density at radius 2 is 2.20 bits per heavy atom. The molecule has 4 nitrogen and oxygen atoms in total. The average molecular weight is 282 g/mol. The van der Waals surface area contributed by atoms with Crippen LogP contribution in [0.4, 0.5) is 14.5 Å². The van der Waals surface area contributed by atoms with Crippen molar-refractivity contribution in [3.8, 4) is 5.75 Å². The van der Waals surface area contributed by atoms with Crippen molar-refractivity contribution in [1.29, 1.82) is 0 Å². The van der Waals surface area contributed by atoms with Crippen molar-refractivity contribution < 1.29 is 18.4 Å². The van der Waals surface area contributed by atoms with E-state index in [1.165, 1.54) is 18.2 Å². The smallest absolute Gasteiger partial charge is 0.310 e. The molecule has 0 amide bonds. The van der Waals surface area contributed by atoms with Gasteiger partial charge in [0.05, 0.1) is 4.92 Å². The van der Waals surface area contributed by atoms with Crippen LogP contribution in [-0.2, 0) is 0 Å². The Kier molecular flexibility index (Phi) is 3.96. The first-order valence-electron chi connectivity index (χ1n) is 3.85. The van der Waals surface area contributed by atoms with Crippen molar-refractivity contribution in [3.05, 3.63) is 32.8 Å². The Bertz CT molecular complexity index is 373. The molecule has 0 aliphatic rings.